The second-order valence-electron chi connectivity index (χ2n) is 7.50. The number of carbonyl (C=O) groups is 4. The number of ketones is 2. The van der Waals surface area contributed by atoms with E-state index in [-0.39, 0.29) is 11.3 Å². The molecule has 0 aromatic rings. The van der Waals surface area contributed by atoms with Gasteiger partial charge in [-0.2, -0.15) is 0 Å². The average molecular weight is 392 g/mol. The number of hydrogen-bond donors (Lipinski definition) is 1. The van der Waals surface area contributed by atoms with Crippen LogP contribution in [0.25, 0.3) is 0 Å². The quantitative estimate of drug-likeness (QED) is 0.249. The number of carboxylic acid groups (broad SMARTS) is 1. The predicted octanol–water partition coefficient (Wildman–Crippen LogP) is 3.26. The van der Waals surface area contributed by atoms with Gasteiger partial charge in [-0.1, -0.05) is 26.2 Å². The SMILES string of the molecule is CCC(=O)CCCCCCC[C@]1(C)C=C/C(=C2\C(=O)O[C@@H](CC(=O)O)C2=O)O1. The Morgan fingerprint density at radius 1 is 1.14 bits per heavy atom. The Labute approximate surface area is 164 Å². The zero-order valence-electron chi connectivity index (χ0n) is 16.5. The van der Waals surface area contributed by atoms with Crippen LogP contribution in [-0.4, -0.2) is 40.3 Å². The maximum atomic E-state index is 12.3. The van der Waals surface area contributed by atoms with E-state index in [4.69, 9.17) is 14.6 Å². The van der Waals surface area contributed by atoms with Crippen LogP contribution in [0.1, 0.15) is 71.6 Å². The second kappa shape index (κ2) is 9.66. The minimum atomic E-state index is -1.28. The fourth-order valence-corrected chi connectivity index (χ4v) is 3.36. The van der Waals surface area contributed by atoms with E-state index >= 15 is 0 Å². The normalized spacial score (nSPS) is 26.4. The molecule has 0 spiro atoms. The third-order valence-corrected chi connectivity index (χ3v) is 5.05. The Morgan fingerprint density at radius 3 is 2.50 bits per heavy atom. The highest BCUT2D eigenvalue weighted by atomic mass is 16.6. The van der Waals surface area contributed by atoms with Gasteiger partial charge in [-0.25, -0.2) is 4.79 Å². The lowest BCUT2D eigenvalue weighted by Gasteiger charge is -2.23. The van der Waals surface area contributed by atoms with Crippen molar-refractivity contribution < 1.29 is 33.8 Å². The molecule has 2 aliphatic heterocycles. The third kappa shape index (κ3) is 5.78. The molecule has 0 amide bonds. The number of carboxylic acids is 1. The van der Waals surface area contributed by atoms with Crippen molar-refractivity contribution in [3.05, 3.63) is 23.5 Å². The van der Waals surface area contributed by atoms with E-state index in [0.29, 0.717) is 18.6 Å². The number of unbranched alkanes of at least 4 members (excludes halogenated alkanes) is 4. The number of cyclic esters (lactones) is 1. The fraction of sp³-hybridized carbons (Fsp3) is 0.619. The number of allylic oxidation sites excluding steroid dienone is 1. The molecule has 1 saturated heterocycles. The summed E-state index contributed by atoms with van der Waals surface area (Å²) in [7, 11) is 0. The Kier molecular flexibility index (Phi) is 7.54. The minimum Gasteiger partial charge on any atom is -0.482 e. The van der Waals surface area contributed by atoms with Crippen LogP contribution in [0, 0.1) is 0 Å². The average Bonchev–Trinajstić information content (AvgIpc) is 3.13. The van der Waals surface area contributed by atoms with Crippen LogP contribution >= 0.6 is 0 Å². The van der Waals surface area contributed by atoms with Crippen molar-refractivity contribution in [3.63, 3.8) is 0 Å². The zero-order chi connectivity index (χ0) is 20.7. The molecule has 2 heterocycles. The standard InChI is InChI=1S/C21H28O7/c1-3-14(22)9-7-5-4-6-8-11-21(2)12-10-15(28-21)18-19(25)16(13-17(23)24)27-20(18)26/h10,12,16H,3-9,11,13H2,1-2H3,(H,23,24)/b18-15+/t16-,21+/m0/s1. The first-order chi connectivity index (χ1) is 13.3. The van der Waals surface area contributed by atoms with Gasteiger partial charge < -0.3 is 14.6 Å². The Balaban J connectivity index is 1.80. The lowest BCUT2D eigenvalue weighted by molar-refractivity contribution is -0.147. The maximum Gasteiger partial charge on any atom is 0.346 e. The van der Waals surface area contributed by atoms with Crippen LogP contribution in [-0.2, 0) is 28.7 Å². The highest BCUT2D eigenvalue weighted by Crippen LogP contribution is 2.35. The largest absolute Gasteiger partial charge is 0.482 e. The summed E-state index contributed by atoms with van der Waals surface area (Å²) in [6.45, 7) is 3.77. The van der Waals surface area contributed by atoms with E-state index in [1.54, 1.807) is 6.08 Å². The van der Waals surface area contributed by atoms with E-state index in [1.807, 2.05) is 19.9 Å². The number of aliphatic carboxylic acids is 1. The number of esters is 1. The highest BCUT2D eigenvalue weighted by Gasteiger charge is 2.44. The molecule has 0 bridgehead atoms. The van der Waals surface area contributed by atoms with Gasteiger partial charge in [-0.3, -0.25) is 14.4 Å². The Bertz CT molecular complexity index is 704. The molecule has 2 rings (SSSR count). The summed E-state index contributed by atoms with van der Waals surface area (Å²) >= 11 is 0. The number of hydrogen-bond acceptors (Lipinski definition) is 6. The molecule has 2 aliphatic rings. The molecule has 0 unspecified atom stereocenters. The van der Waals surface area contributed by atoms with Gasteiger partial charge >= 0.3 is 11.9 Å². The molecule has 2 atom stereocenters. The number of Topliss-reactive ketones (excluding diaryl/α,β-unsaturated/α-hetero) is 2. The molecular formula is C21H28O7. The molecular weight excluding hydrogens is 364 g/mol. The van der Waals surface area contributed by atoms with Gasteiger partial charge in [-0.15, -0.1) is 0 Å². The van der Waals surface area contributed by atoms with E-state index in [0.717, 1.165) is 38.5 Å². The lowest BCUT2D eigenvalue weighted by atomic mass is 9.97. The van der Waals surface area contributed by atoms with Crippen LogP contribution in [0.15, 0.2) is 23.5 Å². The third-order valence-electron chi connectivity index (χ3n) is 5.05. The summed E-state index contributed by atoms with van der Waals surface area (Å²) in [6, 6.07) is 0. The van der Waals surface area contributed by atoms with Gasteiger partial charge in [0, 0.05) is 12.8 Å². The van der Waals surface area contributed by atoms with Crippen molar-refractivity contribution in [1.29, 1.82) is 0 Å². The van der Waals surface area contributed by atoms with E-state index in [2.05, 4.69) is 0 Å². The monoisotopic (exact) mass is 392 g/mol. The summed E-state index contributed by atoms with van der Waals surface area (Å²) in [5, 5.41) is 8.81. The summed E-state index contributed by atoms with van der Waals surface area (Å²) in [5.74, 6) is -2.21. The molecule has 0 aliphatic carbocycles. The number of ether oxygens (including phenoxy) is 2. The first-order valence-corrected chi connectivity index (χ1v) is 9.87. The van der Waals surface area contributed by atoms with Crippen LogP contribution in [0.4, 0.5) is 0 Å². The molecule has 0 aromatic heterocycles. The zero-order valence-corrected chi connectivity index (χ0v) is 16.5. The van der Waals surface area contributed by atoms with Gasteiger partial charge in [-0.05, 0) is 38.3 Å². The molecule has 0 radical (unpaired) electrons. The van der Waals surface area contributed by atoms with E-state index < -0.39 is 35.8 Å². The van der Waals surface area contributed by atoms with Gasteiger partial charge in [0.2, 0.25) is 5.78 Å². The van der Waals surface area contributed by atoms with Gasteiger partial charge in [0.05, 0.1) is 6.42 Å². The number of carbonyl (C=O) groups excluding carboxylic acids is 3. The first-order valence-electron chi connectivity index (χ1n) is 9.87. The molecule has 7 nitrogen and oxygen atoms in total. The molecule has 7 heteroatoms. The van der Waals surface area contributed by atoms with E-state index in [1.165, 1.54) is 0 Å². The summed E-state index contributed by atoms with van der Waals surface area (Å²) in [6.07, 6.45) is 8.51. The fourth-order valence-electron chi connectivity index (χ4n) is 3.36. The van der Waals surface area contributed by atoms with Crippen molar-refractivity contribution >= 4 is 23.5 Å². The maximum absolute atomic E-state index is 12.3. The first kappa shape index (κ1) is 21.9. The molecule has 1 fully saturated rings. The molecule has 0 saturated carbocycles. The smallest absolute Gasteiger partial charge is 0.346 e. The highest BCUT2D eigenvalue weighted by molar-refractivity contribution is 6.24. The summed E-state index contributed by atoms with van der Waals surface area (Å²) in [4.78, 5) is 46.3. The Morgan fingerprint density at radius 2 is 1.82 bits per heavy atom. The predicted molar refractivity (Wildman–Crippen MR) is 100 cm³/mol. The van der Waals surface area contributed by atoms with Crippen molar-refractivity contribution in [3.8, 4) is 0 Å². The lowest BCUT2D eigenvalue weighted by Crippen LogP contribution is -2.23. The van der Waals surface area contributed by atoms with Gasteiger partial charge in [0.1, 0.15) is 22.7 Å². The van der Waals surface area contributed by atoms with E-state index in [9.17, 15) is 19.2 Å². The Hall–Kier alpha value is -2.44. The molecule has 0 aromatic carbocycles. The van der Waals surface area contributed by atoms with Crippen LogP contribution in [0.3, 0.4) is 0 Å². The topological polar surface area (TPSA) is 107 Å². The summed E-state index contributed by atoms with van der Waals surface area (Å²) in [5.41, 5.74) is -0.807. The van der Waals surface area contributed by atoms with Crippen molar-refractivity contribution in [1.82, 2.24) is 0 Å². The van der Waals surface area contributed by atoms with Crippen molar-refractivity contribution in [2.45, 2.75) is 83.3 Å². The second-order valence-corrected chi connectivity index (χ2v) is 7.50. The van der Waals surface area contributed by atoms with Crippen LogP contribution in [0.5, 0.6) is 0 Å². The van der Waals surface area contributed by atoms with Crippen molar-refractivity contribution in [2.75, 3.05) is 0 Å². The molecule has 154 valence electrons. The minimum absolute atomic E-state index is 0.156. The van der Waals surface area contributed by atoms with Gasteiger partial charge in [0.25, 0.3) is 0 Å². The van der Waals surface area contributed by atoms with Crippen LogP contribution in [0.2, 0.25) is 0 Å². The van der Waals surface area contributed by atoms with Gasteiger partial charge in [0.15, 0.2) is 6.10 Å². The molecule has 28 heavy (non-hydrogen) atoms. The number of rotatable bonds is 11. The summed E-state index contributed by atoms with van der Waals surface area (Å²) < 4.78 is 10.7. The van der Waals surface area contributed by atoms with Crippen molar-refractivity contribution in [2.24, 2.45) is 0 Å². The van der Waals surface area contributed by atoms with Crippen LogP contribution < -0.4 is 0 Å². The molecule has 1 N–H and O–H groups in total.